The Labute approximate surface area is 298 Å². The smallest absolute Gasteiger partial charge is 0.303 e. The number of hydrogen-bond donors (Lipinski definition) is 0. The molecule has 2 heterocycles. The number of thioether (sulfide) groups is 1. The largest absolute Gasteiger partial charge is 0.463 e. The Balaban J connectivity index is 1.95. The quantitative estimate of drug-likeness (QED) is 0.0591. The standard InChI is InChI=1S/C37H64O11S/c1-9-10-11-12-13-14-15-16-17-18-19-20-21-30-32(48-37(7,8)47-30)25(2)22-23-49-36-35(45-29(6)41)34(44-28(5)40)33(43-27(4)39)31(46-36)24-42-26(3)38/h25,30-36H,9-24H2,1-8H3/t25-,30?,31?,32-,33-,34?,35+,36-/m0/s1. The van der Waals surface area contributed by atoms with Crippen LogP contribution in [0.25, 0.3) is 0 Å². The highest BCUT2D eigenvalue weighted by Gasteiger charge is 2.52. The lowest BCUT2D eigenvalue weighted by Gasteiger charge is -2.44. The lowest BCUT2D eigenvalue weighted by atomic mass is 9.94. The summed E-state index contributed by atoms with van der Waals surface area (Å²) in [5.74, 6) is -2.36. The average molecular weight is 717 g/mol. The van der Waals surface area contributed by atoms with Gasteiger partial charge >= 0.3 is 23.9 Å². The van der Waals surface area contributed by atoms with Crippen LogP contribution in [0.3, 0.4) is 0 Å². The van der Waals surface area contributed by atoms with Crippen molar-refractivity contribution in [3.63, 3.8) is 0 Å². The van der Waals surface area contributed by atoms with E-state index in [9.17, 15) is 19.2 Å². The van der Waals surface area contributed by atoms with Gasteiger partial charge < -0.3 is 33.2 Å². The first-order valence-corrected chi connectivity index (χ1v) is 19.6. The van der Waals surface area contributed by atoms with Gasteiger partial charge in [0.15, 0.2) is 24.1 Å². The number of unbranched alkanes of at least 4 members (excludes halogenated alkanes) is 11. The van der Waals surface area contributed by atoms with E-state index >= 15 is 0 Å². The molecule has 0 bridgehead atoms. The molecule has 0 saturated carbocycles. The summed E-state index contributed by atoms with van der Waals surface area (Å²) in [4.78, 5) is 47.9. The predicted molar refractivity (Wildman–Crippen MR) is 188 cm³/mol. The number of ether oxygens (including phenoxy) is 7. The Bertz CT molecular complexity index is 1000. The summed E-state index contributed by atoms with van der Waals surface area (Å²) in [6, 6.07) is 0. The van der Waals surface area contributed by atoms with Crippen LogP contribution < -0.4 is 0 Å². The highest BCUT2D eigenvalue weighted by molar-refractivity contribution is 7.99. The third kappa shape index (κ3) is 16.8. The molecule has 2 rings (SSSR count). The van der Waals surface area contributed by atoms with Crippen molar-refractivity contribution in [2.24, 2.45) is 5.92 Å². The molecule has 0 amide bonds. The van der Waals surface area contributed by atoms with Gasteiger partial charge in [0.1, 0.15) is 18.1 Å². The molecule has 3 unspecified atom stereocenters. The predicted octanol–water partition coefficient (Wildman–Crippen LogP) is 7.44. The van der Waals surface area contributed by atoms with Gasteiger partial charge in [0.05, 0.1) is 12.2 Å². The van der Waals surface area contributed by atoms with Gasteiger partial charge in [0.25, 0.3) is 0 Å². The molecule has 2 aliphatic rings. The summed E-state index contributed by atoms with van der Waals surface area (Å²) in [6.07, 6.45) is 12.9. The summed E-state index contributed by atoms with van der Waals surface area (Å²) >= 11 is 1.39. The van der Waals surface area contributed by atoms with Crippen molar-refractivity contribution in [2.75, 3.05) is 12.4 Å². The van der Waals surface area contributed by atoms with Gasteiger partial charge in [-0.15, -0.1) is 11.8 Å². The van der Waals surface area contributed by atoms with Crippen molar-refractivity contribution >= 4 is 35.6 Å². The van der Waals surface area contributed by atoms with Crippen LogP contribution in [0.15, 0.2) is 0 Å². The first-order valence-electron chi connectivity index (χ1n) is 18.5. The zero-order valence-corrected chi connectivity index (χ0v) is 32.1. The number of carbonyl (C=O) groups is 4. The van der Waals surface area contributed by atoms with E-state index in [-0.39, 0.29) is 24.7 Å². The summed E-state index contributed by atoms with van der Waals surface area (Å²) < 4.78 is 40.8. The first-order chi connectivity index (χ1) is 23.2. The molecular formula is C37H64O11S. The van der Waals surface area contributed by atoms with E-state index in [1.165, 1.54) is 110 Å². The molecule has 2 saturated heterocycles. The molecule has 2 fully saturated rings. The first kappa shape index (κ1) is 43.3. The molecule has 284 valence electrons. The van der Waals surface area contributed by atoms with E-state index in [0.29, 0.717) is 5.75 Å². The normalized spacial score (nSPS) is 26.9. The van der Waals surface area contributed by atoms with E-state index < -0.39 is 59.5 Å². The van der Waals surface area contributed by atoms with Crippen LogP contribution in [-0.4, -0.2) is 84.1 Å². The maximum atomic E-state index is 12.2. The molecule has 2 aliphatic heterocycles. The van der Waals surface area contributed by atoms with Gasteiger partial charge in [0.2, 0.25) is 0 Å². The SMILES string of the molecule is CCCCCCCCCCCCCCC1OC(C)(C)O[C@H]1[C@@H](C)CCS[C@@H]1OC(COC(C)=O)[C@H](OC(C)=O)C(OC(C)=O)[C@H]1OC(C)=O. The summed E-state index contributed by atoms with van der Waals surface area (Å²) in [5, 5.41) is 0. The highest BCUT2D eigenvalue weighted by atomic mass is 32.2. The molecule has 11 nitrogen and oxygen atoms in total. The number of carbonyl (C=O) groups excluding carboxylic acids is 4. The lowest BCUT2D eigenvalue weighted by Crippen LogP contribution is -2.61. The molecule has 49 heavy (non-hydrogen) atoms. The summed E-state index contributed by atoms with van der Waals surface area (Å²) in [5.41, 5.74) is -0.790. The lowest BCUT2D eigenvalue weighted by molar-refractivity contribution is -0.237. The molecule has 0 aromatic carbocycles. The summed E-state index contributed by atoms with van der Waals surface area (Å²) in [7, 11) is 0. The monoisotopic (exact) mass is 716 g/mol. The van der Waals surface area contributed by atoms with E-state index in [2.05, 4.69) is 13.8 Å². The Kier molecular flexibility index (Phi) is 20.2. The number of esters is 4. The summed E-state index contributed by atoms with van der Waals surface area (Å²) in [6.45, 7) is 13.0. The molecule has 0 aromatic heterocycles. The van der Waals surface area contributed by atoms with Crippen molar-refractivity contribution in [2.45, 2.75) is 193 Å². The third-order valence-corrected chi connectivity index (χ3v) is 10.1. The van der Waals surface area contributed by atoms with Crippen LogP contribution in [0.5, 0.6) is 0 Å². The van der Waals surface area contributed by atoms with Gasteiger partial charge in [-0.1, -0.05) is 90.9 Å². The fraction of sp³-hybridized carbons (Fsp3) is 0.892. The van der Waals surface area contributed by atoms with Crippen LogP contribution in [0.1, 0.15) is 145 Å². The minimum atomic E-state index is -1.16. The molecule has 12 heteroatoms. The minimum absolute atomic E-state index is 0.00351. The second-order valence-electron chi connectivity index (χ2n) is 14.0. The average Bonchev–Trinajstić information content (AvgIpc) is 3.32. The molecular weight excluding hydrogens is 652 g/mol. The van der Waals surface area contributed by atoms with Crippen molar-refractivity contribution < 1.29 is 52.3 Å². The van der Waals surface area contributed by atoms with Crippen LogP contribution in [0, 0.1) is 5.92 Å². The van der Waals surface area contributed by atoms with Crippen LogP contribution in [0.2, 0.25) is 0 Å². The van der Waals surface area contributed by atoms with Gasteiger partial charge in [0, 0.05) is 27.7 Å². The second kappa shape index (κ2) is 22.8. The Morgan fingerprint density at radius 2 is 1.18 bits per heavy atom. The fourth-order valence-corrected chi connectivity index (χ4v) is 7.97. The van der Waals surface area contributed by atoms with Gasteiger partial charge in [-0.05, 0) is 38.4 Å². The zero-order chi connectivity index (χ0) is 36.4. The zero-order valence-electron chi connectivity index (χ0n) is 31.3. The molecule has 0 aromatic rings. The van der Waals surface area contributed by atoms with E-state index in [4.69, 9.17) is 33.2 Å². The Morgan fingerprint density at radius 3 is 1.71 bits per heavy atom. The Hall–Kier alpha value is -1.89. The van der Waals surface area contributed by atoms with Crippen molar-refractivity contribution in [3.05, 3.63) is 0 Å². The molecule has 0 radical (unpaired) electrons. The van der Waals surface area contributed by atoms with Gasteiger partial charge in [-0.3, -0.25) is 19.2 Å². The van der Waals surface area contributed by atoms with E-state index in [1.54, 1.807) is 0 Å². The third-order valence-electron chi connectivity index (χ3n) is 8.93. The van der Waals surface area contributed by atoms with Gasteiger partial charge in [-0.25, -0.2) is 0 Å². The molecule has 0 aliphatic carbocycles. The topological polar surface area (TPSA) is 133 Å². The highest BCUT2D eigenvalue weighted by Crippen LogP contribution is 2.38. The van der Waals surface area contributed by atoms with Gasteiger partial charge in [-0.2, -0.15) is 0 Å². The van der Waals surface area contributed by atoms with Crippen molar-refractivity contribution in [1.82, 2.24) is 0 Å². The van der Waals surface area contributed by atoms with Crippen LogP contribution >= 0.6 is 11.8 Å². The maximum Gasteiger partial charge on any atom is 0.303 e. The number of rotatable bonds is 23. The van der Waals surface area contributed by atoms with Crippen LogP contribution in [-0.2, 0) is 52.3 Å². The fourth-order valence-electron chi connectivity index (χ4n) is 6.61. The van der Waals surface area contributed by atoms with E-state index in [1.807, 2.05) is 13.8 Å². The molecule has 8 atom stereocenters. The molecule has 0 spiro atoms. The minimum Gasteiger partial charge on any atom is -0.463 e. The Morgan fingerprint density at radius 1 is 0.673 bits per heavy atom. The number of hydrogen-bond acceptors (Lipinski definition) is 12. The van der Waals surface area contributed by atoms with Crippen LogP contribution in [0.4, 0.5) is 0 Å². The van der Waals surface area contributed by atoms with E-state index in [0.717, 1.165) is 19.3 Å². The second-order valence-corrected chi connectivity index (χ2v) is 15.2. The maximum absolute atomic E-state index is 12.2. The molecule has 0 N–H and O–H groups in total. The van der Waals surface area contributed by atoms with Crippen molar-refractivity contribution in [1.29, 1.82) is 0 Å². The van der Waals surface area contributed by atoms with Crippen molar-refractivity contribution in [3.8, 4) is 0 Å².